The van der Waals surface area contributed by atoms with E-state index in [2.05, 4.69) is 0 Å². The highest BCUT2D eigenvalue weighted by Gasteiger charge is 2.19. The summed E-state index contributed by atoms with van der Waals surface area (Å²) in [6.07, 6.45) is 0.394. The van der Waals surface area contributed by atoms with E-state index >= 15 is 0 Å². The fourth-order valence-electron chi connectivity index (χ4n) is 2.66. The van der Waals surface area contributed by atoms with Crippen molar-refractivity contribution in [2.24, 2.45) is 0 Å². The number of hydrogen-bond acceptors (Lipinski definition) is 4. The third-order valence-corrected chi connectivity index (χ3v) is 3.96. The summed E-state index contributed by atoms with van der Waals surface area (Å²) in [5.41, 5.74) is 1.37. The molecule has 3 rings (SSSR count). The SMILES string of the molecule is O=Cc1cc(-c2cccc(C(=O)N3CCOCC3)c2)cc(F)c1O. The standard InChI is InChI=1S/C18H16FNO4/c19-16-10-14(9-15(11-21)17(16)22)12-2-1-3-13(8-12)18(23)20-4-6-24-7-5-20/h1-3,8-11,22H,4-7H2. The molecular formula is C18H16FNO4. The first-order chi connectivity index (χ1) is 11.6. The highest BCUT2D eigenvalue weighted by molar-refractivity contribution is 5.95. The van der Waals surface area contributed by atoms with E-state index in [1.165, 1.54) is 6.07 Å². The average Bonchev–Trinajstić information content (AvgIpc) is 2.64. The van der Waals surface area contributed by atoms with Crippen molar-refractivity contribution in [1.82, 2.24) is 4.90 Å². The molecular weight excluding hydrogens is 313 g/mol. The molecule has 0 unspecified atom stereocenters. The Labute approximate surface area is 138 Å². The number of ether oxygens (including phenoxy) is 1. The van der Waals surface area contributed by atoms with Crippen LogP contribution in [0.4, 0.5) is 4.39 Å². The van der Waals surface area contributed by atoms with E-state index in [0.717, 1.165) is 6.07 Å². The molecule has 1 heterocycles. The molecule has 24 heavy (non-hydrogen) atoms. The normalized spacial score (nSPS) is 14.5. The van der Waals surface area contributed by atoms with Crippen LogP contribution in [0.5, 0.6) is 5.75 Å². The van der Waals surface area contributed by atoms with Crippen LogP contribution in [0.15, 0.2) is 36.4 Å². The summed E-state index contributed by atoms with van der Waals surface area (Å²) < 4.78 is 19.0. The lowest BCUT2D eigenvalue weighted by molar-refractivity contribution is 0.0303. The van der Waals surface area contributed by atoms with Gasteiger partial charge in [0.2, 0.25) is 0 Å². The Kier molecular flexibility index (Phi) is 4.57. The van der Waals surface area contributed by atoms with Crippen molar-refractivity contribution in [1.29, 1.82) is 0 Å². The van der Waals surface area contributed by atoms with Crippen molar-refractivity contribution in [2.45, 2.75) is 0 Å². The fourth-order valence-corrected chi connectivity index (χ4v) is 2.66. The summed E-state index contributed by atoms with van der Waals surface area (Å²) in [6.45, 7) is 2.09. The third-order valence-electron chi connectivity index (χ3n) is 3.96. The van der Waals surface area contributed by atoms with Crippen molar-refractivity contribution in [3.8, 4) is 16.9 Å². The zero-order chi connectivity index (χ0) is 17.1. The van der Waals surface area contributed by atoms with Gasteiger partial charge in [0.25, 0.3) is 5.91 Å². The number of carbonyl (C=O) groups is 2. The number of rotatable bonds is 3. The molecule has 1 amide bonds. The van der Waals surface area contributed by atoms with Crippen LogP contribution in [0, 0.1) is 5.82 Å². The van der Waals surface area contributed by atoms with Gasteiger partial charge in [0, 0.05) is 18.7 Å². The van der Waals surface area contributed by atoms with Gasteiger partial charge in [-0.2, -0.15) is 0 Å². The number of aromatic hydroxyl groups is 1. The summed E-state index contributed by atoms with van der Waals surface area (Å²) in [6, 6.07) is 9.30. The molecule has 0 aliphatic carbocycles. The molecule has 0 bridgehead atoms. The Morgan fingerprint density at radius 3 is 2.62 bits per heavy atom. The molecule has 1 N–H and O–H groups in total. The van der Waals surface area contributed by atoms with Crippen molar-refractivity contribution < 1.29 is 23.8 Å². The second-order valence-electron chi connectivity index (χ2n) is 5.50. The van der Waals surface area contributed by atoms with Gasteiger partial charge >= 0.3 is 0 Å². The van der Waals surface area contributed by atoms with E-state index in [1.54, 1.807) is 29.2 Å². The molecule has 1 saturated heterocycles. The van der Waals surface area contributed by atoms with Gasteiger partial charge in [-0.05, 0) is 35.4 Å². The Morgan fingerprint density at radius 2 is 1.92 bits per heavy atom. The lowest BCUT2D eigenvalue weighted by Crippen LogP contribution is -2.40. The van der Waals surface area contributed by atoms with E-state index in [4.69, 9.17) is 4.74 Å². The van der Waals surface area contributed by atoms with Crippen molar-refractivity contribution in [3.05, 3.63) is 53.3 Å². The molecule has 2 aromatic rings. The summed E-state index contributed by atoms with van der Waals surface area (Å²) in [7, 11) is 0. The lowest BCUT2D eigenvalue weighted by atomic mass is 10.00. The molecule has 1 aliphatic rings. The Morgan fingerprint density at radius 1 is 1.17 bits per heavy atom. The minimum atomic E-state index is -0.875. The van der Waals surface area contributed by atoms with Crippen LogP contribution >= 0.6 is 0 Å². The second-order valence-corrected chi connectivity index (χ2v) is 5.50. The molecule has 0 aromatic heterocycles. The van der Waals surface area contributed by atoms with Crippen LogP contribution in [0.2, 0.25) is 0 Å². The number of morpholine rings is 1. The van der Waals surface area contributed by atoms with Gasteiger partial charge < -0.3 is 14.7 Å². The predicted octanol–water partition coefficient (Wildman–Crippen LogP) is 2.48. The maximum absolute atomic E-state index is 13.8. The van der Waals surface area contributed by atoms with Crippen LogP contribution in [-0.2, 0) is 4.74 Å². The molecule has 2 aromatic carbocycles. The van der Waals surface area contributed by atoms with Gasteiger partial charge in [0.15, 0.2) is 17.9 Å². The minimum Gasteiger partial charge on any atom is -0.504 e. The summed E-state index contributed by atoms with van der Waals surface area (Å²) >= 11 is 0. The van der Waals surface area contributed by atoms with Crippen molar-refractivity contribution in [3.63, 3.8) is 0 Å². The Hall–Kier alpha value is -2.73. The highest BCUT2D eigenvalue weighted by Crippen LogP contribution is 2.29. The molecule has 6 heteroatoms. The first kappa shape index (κ1) is 16.1. The summed E-state index contributed by atoms with van der Waals surface area (Å²) in [5, 5.41) is 9.50. The number of phenols is 1. The van der Waals surface area contributed by atoms with Gasteiger partial charge in [-0.15, -0.1) is 0 Å². The lowest BCUT2D eigenvalue weighted by Gasteiger charge is -2.27. The monoisotopic (exact) mass is 329 g/mol. The smallest absolute Gasteiger partial charge is 0.254 e. The number of halogens is 1. The van der Waals surface area contributed by atoms with Crippen molar-refractivity contribution in [2.75, 3.05) is 26.3 Å². The molecule has 5 nitrogen and oxygen atoms in total. The zero-order valence-corrected chi connectivity index (χ0v) is 12.9. The molecule has 0 radical (unpaired) electrons. The number of phenolic OH excluding ortho intramolecular Hbond substituents is 1. The van der Waals surface area contributed by atoms with Crippen LogP contribution in [0.3, 0.4) is 0 Å². The van der Waals surface area contributed by atoms with E-state index in [-0.39, 0.29) is 11.5 Å². The summed E-state index contributed by atoms with van der Waals surface area (Å²) in [5.74, 6) is -1.66. The Balaban J connectivity index is 1.94. The van der Waals surface area contributed by atoms with E-state index < -0.39 is 11.6 Å². The molecule has 0 atom stereocenters. The molecule has 0 saturated carbocycles. The van der Waals surface area contributed by atoms with Crippen LogP contribution in [0.1, 0.15) is 20.7 Å². The number of amides is 1. The van der Waals surface area contributed by atoms with Gasteiger partial charge in [0.1, 0.15) is 0 Å². The van der Waals surface area contributed by atoms with Crippen LogP contribution in [0.25, 0.3) is 11.1 Å². The maximum Gasteiger partial charge on any atom is 0.254 e. The number of benzene rings is 2. The number of carbonyl (C=O) groups excluding carboxylic acids is 2. The first-order valence-electron chi connectivity index (χ1n) is 7.55. The van der Waals surface area contributed by atoms with Crippen molar-refractivity contribution >= 4 is 12.2 Å². The van der Waals surface area contributed by atoms with E-state index in [0.29, 0.717) is 49.3 Å². The maximum atomic E-state index is 13.8. The average molecular weight is 329 g/mol. The quantitative estimate of drug-likeness (QED) is 0.879. The fraction of sp³-hybridized carbons (Fsp3) is 0.222. The van der Waals surface area contributed by atoms with Gasteiger partial charge in [-0.25, -0.2) is 4.39 Å². The van der Waals surface area contributed by atoms with E-state index in [1.807, 2.05) is 0 Å². The number of nitrogens with zero attached hydrogens (tertiary/aromatic N) is 1. The van der Waals surface area contributed by atoms with Crippen LogP contribution < -0.4 is 0 Å². The molecule has 1 fully saturated rings. The third kappa shape index (κ3) is 3.14. The molecule has 1 aliphatic heterocycles. The highest BCUT2D eigenvalue weighted by atomic mass is 19.1. The Bertz CT molecular complexity index is 785. The van der Waals surface area contributed by atoms with Crippen LogP contribution in [-0.4, -0.2) is 48.5 Å². The van der Waals surface area contributed by atoms with E-state index in [9.17, 15) is 19.1 Å². The summed E-state index contributed by atoms with van der Waals surface area (Å²) in [4.78, 5) is 25.2. The molecule has 124 valence electrons. The second kappa shape index (κ2) is 6.80. The number of hydrogen-bond donors (Lipinski definition) is 1. The van der Waals surface area contributed by atoms with Gasteiger partial charge in [0.05, 0.1) is 18.8 Å². The minimum absolute atomic E-state index is 0.116. The number of aldehydes is 1. The zero-order valence-electron chi connectivity index (χ0n) is 12.9. The van der Waals surface area contributed by atoms with Gasteiger partial charge in [-0.3, -0.25) is 9.59 Å². The predicted molar refractivity (Wildman–Crippen MR) is 85.6 cm³/mol. The first-order valence-corrected chi connectivity index (χ1v) is 7.55. The molecule has 0 spiro atoms. The van der Waals surface area contributed by atoms with Gasteiger partial charge in [-0.1, -0.05) is 12.1 Å². The largest absolute Gasteiger partial charge is 0.504 e. The topological polar surface area (TPSA) is 66.8 Å².